The minimum atomic E-state index is -4.49. The van der Waals surface area contributed by atoms with Gasteiger partial charge in [0.05, 0.1) is 5.56 Å². The number of anilines is 2. The second-order valence-corrected chi connectivity index (χ2v) is 5.34. The van der Waals surface area contributed by atoms with Crippen molar-refractivity contribution in [1.29, 1.82) is 0 Å². The normalized spacial score (nSPS) is 12.2. The molecule has 0 fully saturated rings. The molecule has 0 radical (unpaired) electrons. The second kappa shape index (κ2) is 8.58. The van der Waals surface area contributed by atoms with Crippen molar-refractivity contribution in [1.82, 2.24) is 15.0 Å². The zero-order valence-corrected chi connectivity index (χ0v) is 13.8. The van der Waals surface area contributed by atoms with Crippen LogP contribution < -0.4 is 15.4 Å². The molecule has 12 heteroatoms. The number of aromatic nitrogens is 2. The van der Waals surface area contributed by atoms with E-state index < -0.39 is 11.7 Å². The van der Waals surface area contributed by atoms with Gasteiger partial charge in [-0.25, -0.2) is 4.63 Å². The van der Waals surface area contributed by atoms with E-state index in [1.54, 1.807) is 0 Å². The lowest BCUT2D eigenvalue weighted by molar-refractivity contribution is -0.137. The molecule has 1 aromatic heterocycles. The van der Waals surface area contributed by atoms with Crippen molar-refractivity contribution in [3.05, 3.63) is 35.5 Å². The van der Waals surface area contributed by atoms with Crippen LogP contribution in [0.3, 0.4) is 0 Å². The van der Waals surface area contributed by atoms with Crippen LogP contribution in [0.4, 0.5) is 24.7 Å². The molecule has 0 aliphatic heterocycles. The van der Waals surface area contributed by atoms with Gasteiger partial charge in [0.2, 0.25) is 11.7 Å². The van der Waals surface area contributed by atoms with E-state index in [-0.39, 0.29) is 23.0 Å². The van der Waals surface area contributed by atoms with Gasteiger partial charge in [0.1, 0.15) is 0 Å². The summed E-state index contributed by atoms with van der Waals surface area (Å²) in [5.41, 5.74) is -0.737. The summed E-state index contributed by atoms with van der Waals surface area (Å²) in [6.07, 6.45) is -2.61. The Morgan fingerprint density at radius 3 is 2.80 bits per heavy atom. The number of nitrogens with one attached hydrogen (secondary N) is 3. The summed E-state index contributed by atoms with van der Waals surface area (Å²) in [6.45, 7) is 1.09. The lowest BCUT2D eigenvalue weighted by Crippen LogP contribution is -2.20. The molecule has 0 saturated heterocycles. The number of halogens is 3. The maximum Gasteiger partial charge on any atom is 0.416 e. The van der Waals surface area contributed by atoms with Gasteiger partial charge in [-0.15, -0.1) is 0 Å². The number of nitrogens with zero attached hydrogens (tertiary/aromatic N) is 3. The van der Waals surface area contributed by atoms with Crippen LogP contribution in [0.2, 0.25) is 0 Å². The fraction of sp³-hybridized carbons (Fsp3) is 0.308. The summed E-state index contributed by atoms with van der Waals surface area (Å²) in [6, 6.07) is 4.44. The summed E-state index contributed by atoms with van der Waals surface area (Å²) in [5, 5.41) is 24.9. The van der Waals surface area contributed by atoms with Crippen molar-refractivity contribution in [2.75, 3.05) is 30.0 Å². The van der Waals surface area contributed by atoms with E-state index in [0.717, 1.165) is 12.1 Å². The lowest BCUT2D eigenvalue weighted by Gasteiger charge is -2.11. The SMILES string of the molecule is CSNCCNc1nonc1/C(=N/O)Nc1cccc(C(F)(F)F)c1. The standard InChI is InChI=1S/C13H15F3N6O2S/c1-25-18-6-5-17-11-10(21-24-22-11)12(20-23)19-9-4-2-3-8(7-9)13(14,15)16/h2-4,7,18,23H,5-6H2,1H3,(H,17,22)(H,19,20). The van der Waals surface area contributed by atoms with E-state index in [2.05, 4.69) is 35.5 Å². The monoisotopic (exact) mass is 376 g/mol. The maximum absolute atomic E-state index is 12.8. The fourth-order valence-electron chi connectivity index (χ4n) is 1.84. The molecular formula is C13H15F3N6O2S. The van der Waals surface area contributed by atoms with Gasteiger partial charge in [-0.05, 0) is 34.8 Å². The molecule has 4 N–H and O–H groups in total. The molecule has 25 heavy (non-hydrogen) atoms. The molecule has 0 atom stereocenters. The Kier molecular flexibility index (Phi) is 6.47. The third kappa shape index (κ3) is 5.26. The highest BCUT2D eigenvalue weighted by Gasteiger charge is 2.30. The van der Waals surface area contributed by atoms with E-state index in [4.69, 9.17) is 0 Å². The Bertz CT molecular complexity index is 722. The molecule has 2 aromatic rings. The van der Waals surface area contributed by atoms with Crippen LogP contribution in [0.5, 0.6) is 0 Å². The molecule has 0 saturated carbocycles. The largest absolute Gasteiger partial charge is 0.416 e. The molecule has 0 unspecified atom stereocenters. The number of hydrogen-bond donors (Lipinski definition) is 4. The molecule has 0 amide bonds. The molecule has 0 aliphatic rings. The first-order chi connectivity index (χ1) is 12.0. The second-order valence-electron chi connectivity index (χ2n) is 4.64. The first-order valence-corrected chi connectivity index (χ1v) is 8.17. The maximum atomic E-state index is 12.8. The van der Waals surface area contributed by atoms with Gasteiger partial charge in [-0.3, -0.25) is 4.72 Å². The van der Waals surface area contributed by atoms with Crippen molar-refractivity contribution in [2.24, 2.45) is 5.16 Å². The van der Waals surface area contributed by atoms with Gasteiger partial charge in [0.25, 0.3) is 0 Å². The van der Waals surface area contributed by atoms with Crippen molar-refractivity contribution in [3.8, 4) is 0 Å². The van der Waals surface area contributed by atoms with Crippen LogP contribution in [0, 0.1) is 0 Å². The van der Waals surface area contributed by atoms with Crippen LogP contribution in [-0.4, -0.2) is 40.7 Å². The van der Waals surface area contributed by atoms with Gasteiger partial charge in [-0.1, -0.05) is 23.2 Å². The molecule has 8 nitrogen and oxygen atoms in total. The number of alkyl halides is 3. The minimum absolute atomic E-state index is 0.0315. The number of amidine groups is 1. The molecule has 0 spiro atoms. The highest BCUT2D eigenvalue weighted by atomic mass is 32.2. The molecule has 0 aliphatic carbocycles. The van der Waals surface area contributed by atoms with E-state index in [9.17, 15) is 18.4 Å². The molecule has 1 heterocycles. The van der Waals surface area contributed by atoms with Gasteiger partial charge < -0.3 is 15.8 Å². The summed E-state index contributed by atoms with van der Waals surface area (Å²) in [5.74, 6) is -0.0175. The predicted octanol–water partition coefficient (Wildman–Crippen LogP) is 2.62. The van der Waals surface area contributed by atoms with E-state index in [0.29, 0.717) is 13.1 Å². The Labute approximate surface area is 144 Å². The van der Waals surface area contributed by atoms with E-state index in [1.165, 1.54) is 24.1 Å². The molecule has 1 aromatic carbocycles. The number of oxime groups is 1. The minimum Gasteiger partial charge on any atom is -0.409 e. The van der Waals surface area contributed by atoms with Gasteiger partial charge in [0.15, 0.2) is 5.69 Å². The highest BCUT2D eigenvalue weighted by Crippen LogP contribution is 2.30. The van der Waals surface area contributed by atoms with Crippen LogP contribution in [0.15, 0.2) is 34.1 Å². The summed E-state index contributed by atoms with van der Waals surface area (Å²) in [4.78, 5) is 0. The quantitative estimate of drug-likeness (QED) is 0.146. The van der Waals surface area contributed by atoms with Crippen molar-refractivity contribution >= 4 is 29.3 Å². The Morgan fingerprint density at radius 1 is 1.32 bits per heavy atom. The Balaban J connectivity index is 2.13. The average molecular weight is 376 g/mol. The third-order valence-electron chi connectivity index (χ3n) is 2.93. The fourth-order valence-corrected chi connectivity index (χ4v) is 2.14. The van der Waals surface area contributed by atoms with Gasteiger partial charge >= 0.3 is 6.18 Å². The van der Waals surface area contributed by atoms with Crippen LogP contribution >= 0.6 is 11.9 Å². The summed E-state index contributed by atoms with van der Waals surface area (Å²) >= 11 is 1.44. The summed E-state index contributed by atoms with van der Waals surface area (Å²) < 4.78 is 45.9. The average Bonchev–Trinajstić information content (AvgIpc) is 3.04. The summed E-state index contributed by atoms with van der Waals surface area (Å²) in [7, 11) is 0. The first kappa shape index (κ1) is 18.9. The topological polar surface area (TPSA) is 108 Å². The molecule has 2 rings (SSSR count). The van der Waals surface area contributed by atoms with Crippen LogP contribution in [0.1, 0.15) is 11.3 Å². The highest BCUT2D eigenvalue weighted by molar-refractivity contribution is 7.96. The first-order valence-electron chi connectivity index (χ1n) is 6.94. The third-order valence-corrected chi connectivity index (χ3v) is 3.42. The smallest absolute Gasteiger partial charge is 0.409 e. The molecule has 0 bridgehead atoms. The van der Waals surface area contributed by atoms with Crippen molar-refractivity contribution < 1.29 is 23.0 Å². The zero-order valence-electron chi connectivity index (χ0n) is 13.0. The molecule has 136 valence electrons. The number of rotatable bonds is 7. The Morgan fingerprint density at radius 2 is 2.12 bits per heavy atom. The van der Waals surface area contributed by atoms with Gasteiger partial charge in [-0.2, -0.15) is 13.2 Å². The van der Waals surface area contributed by atoms with Crippen LogP contribution in [-0.2, 0) is 6.18 Å². The number of benzene rings is 1. The van der Waals surface area contributed by atoms with E-state index >= 15 is 0 Å². The number of hydrogen-bond acceptors (Lipinski definition) is 8. The molecular weight excluding hydrogens is 361 g/mol. The zero-order chi connectivity index (χ0) is 18.3. The van der Waals surface area contributed by atoms with Gasteiger partial charge in [0, 0.05) is 18.8 Å². The Hall–Kier alpha value is -2.47. The van der Waals surface area contributed by atoms with Crippen molar-refractivity contribution in [3.63, 3.8) is 0 Å². The van der Waals surface area contributed by atoms with Crippen molar-refractivity contribution in [2.45, 2.75) is 6.18 Å². The van der Waals surface area contributed by atoms with Crippen LogP contribution in [0.25, 0.3) is 0 Å². The predicted molar refractivity (Wildman–Crippen MR) is 87.7 cm³/mol. The lowest BCUT2D eigenvalue weighted by atomic mass is 10.2. The van der Waals surface area contributed by atoms with E-state index in [1.807, 2.05) is 6.26 Å².